The lowest BCUT2D eigenvalue weighted by atomic mass is 10.1. The number of nitrogens with zero attached hydrogens (tertiary/aromatic N) is 1. The van der Waals surface area contributed by atoms with Crippen LogP contribution in [0.5, 0.6) is 0 Å². The molecule has 1 aromatic carbocycles. The summed E-state index contributed by atoms with van der Waals surface area (Å²) in [7, 11) is 0. The van der Waals surface area contributed by atoms with Crippen LogP contribution >= 0.6 is 11.3 Å². The molecular formula is C18H17FN2O2S. The van der Waals surface area contributed by atoms with Crippen LogP contribution in [-0.4, -0.2) is 16.9 Å². The SMILES string of the molecule is C[C@H](Cc1ccccc1F)NC(=O)Cc1csc(-c2ccoc2)n1. The second-order valence-electron chi connectivity index (χ2n) is 5.60. The first kappa shape index (κ1) is 16.4. The molecule has 0 aliphatic carbocycles. The van der Waals surface area contributed by atoms with E-state index in [0.717, 1.165) is 10.6 Å². The average Bonchev–Trinajstić information content (AvgIpc) is 3.20. The molecule has 124 valence electrons. The monoisotopic (exact) mass is 344 g/mol. The number of nitrogens with one attached hydrogen (secondary N) is 1. The third-order valence-corrected chi connectivity index (χ3v) is 4.49. The highest BCUT2D eigenvalue weighted by atomic mass is 32.1. The number of aromatic nitrogens is 1. The number of rotatable bonds is 6. The summed E-state index contributed by atoms with van der Waals surface area (Å²) in [5, 5.41) is 5.58. The number of furan rings is 1. The van der Waals surface area contributed by atoms with Gasteiger partial charge in [0.15, 0.2) is 0 Å². The highest BCUT2D eigenvalue weighted by Crippen LogP contribution is 2.24. The number of hydrogen-bond acceptors (Lipinski definition) is 4. The molecule has 3 rings (SSSR count). The Kier molecular flexibility index (Phi) is 5.05. The Bertz CT molecular complexity index is 814. The van der Waals surface area contributed by atoms with Crippen LogP contribution in [0.4, 0.5) is 4.39 Å². The van der Waals surface area contributed by atoms with Crippen molar-refractivity contribution in [2.24, 2.45) is 0 Å². The van der Waals surface area contributed by atoms with Crippen LogP contribution in [0.25, 0.3) is 10.6 Å². The zero-order valence-electron chi connectivity index (χ0n) is 13.2. The van der Waals surface area contributed by atoms with Crippen LogP contribution in [0.3, 0.4) is 0 Å². The van der Waals surface area contributed by atoms with Gasteiger partial charge in [-0.1, -0.05) is 18.2 Å². The van der Waals surface area contributed by atoms with E-state index in [0.29, 0.717) is 17.7 Å². The smallest absolute Gasteiger partial charge is 0.226 e. The van der Waals surface area contributed by atoms with Crippen LogP contribution in [-0.2, 0) is 17.6 Å². The molecule has 0 saturated heterocycles. The number of benzene rings is 1. The van der Waals surface area contributed by atoms with Crippen LogP contribution in [0, 0.1) is 5.82 Å². The largest absolute Gasteiger partial charge is 0.472 e. The zero-order chi connectivity index (χ0) is 16.9. The van der Waals surface area contributed by atoms with Gasteiger partial charge in [0.05, 0.1) is 18.4 Å². The van der Waals surface area contributed by atoms with E-state index in [1.165, 1.54) is 17.4 Å². The van der Waals surface area contributed by atoms with E-state index < -0.39 is 0 Å². The molecule has 0 spiro atoms. The van der Waals surface area contributed by atoms with Crippen molar-refractivity contribution in [1.29, 1.82) is 0 Å². The maximum Gasteiger partial charge on any atom is 0.226 e. The van der Waals surface area contributed by atoms with Crippen molar-refractivity contribution in [3.05, 3.63) is 65.3 Å². The Morgan fingerprint density at radius 1 is 1.38 bits per heavy atom. The molecule has 0 fully saturated rings. The Morgan fingerprint density at radius 2 is 2.21 bits per heavy atom. The lowest BCUT2D eigenvalue weighted by Gasteiger charge is -2.14. The molecule has 0 radical (unpaired) electrons. The molecule has 0 aliphatic heterocycles. The second-order valence-corrected chi connectivity index (χ2v) is 6.45. The Morgan fingerprint density at radius 3 is 2.96 bits per heavy atom. The first-order valence-corrected chi connectivity index (χ1v) is 8.49. The van der Waals surface area contributed by atoms with Crippen molar-refractivity contribution in [3.63, 3.8) is 0 Å². The Hall–Kier alpha value is -2.47. The van der Waals surface area contributed by atoms with Gasteiger partial charge in [-0.25, -0.2) is 9.37 Å². The minimum absolute atomic E-state index is 0.122. The van der Waals surface area contributed by atoms with Gasteiger partial charge in [-0.3, -0.25) is 4.79 Å². The normalized spacial score (nSPS) is 12.1. The lowest BCUT2D eigenvalue weighted by Crippen LogP contribution is -2.35. The summed E-state index contributed by atoms with van der Waals surface area (Å²) in [5.41, 5.74) is 2.22. The number of carbonyl (C=O) groups excluding carboxylic acids is 1. The number of carbonyl (C=O) groups is 1. The van der Waals surface area contributed by atoms with E-state index in [1.54, 1.807) is 30.7 Å². The maximum absolute atomic E-state index is 13.6. The molecule has 0 unspecified atom stereocenters. The molecule has 2 heterocycles. The van der Waals surface area contributed by atoms with Crippen LogP contribution in [0.1, 0.15) is 18.2 Å². The van der Waals surface area contributed by atoms with Crippen molar-refractivity contribution in [2.75, 3.05) is 0 Å². The predicted molar refractivity (Wildman–Crippen MR) is 91.2 cm³/mol. The molecule has 24 heavy (non-hydrogen) atoms. The molecule has 1 N–H and O–H groups in total. The third-order valence-electron chi connectivity index (χ3n) is 3.55. The summed E-state index contributed by atoms with van der Waals surface area (Å²) in [6, 6.07) is 8.29. The molecule has 1 atom stereocenters. The topological polar surface area (TPSA) is 55.1 Å². The summed E-state index contributed by atoms with van der Waals surface area (Å²) in [4.78, 5) is 16.6. The minimum Gasteiger partial charge on any atom is -0.472 e. The van der Waals surface area contributed by atoms with Crippen molar-refractivity contribution in [2.45, 2.75) is 25.8 Å². The second kappa shape index (κ2) is 7.40. The Balaban J connectivity index is 1.55. The standard InChI is InChI=1S/C18H17FN2O2S/c1-12(8-13-4-2-3-5-16(13)19)20-17(22)9-15-11-24-18(21-15)14-6-7-23-10-14/h2-7,10-12H,8-9H2,1H3,(H,20,22)/t12-/m1/s1. The summed E-state index contributed by atoms with van der Waals surface area (Å²) < 4.78 is 18.7. The minimum atomic E-state index is -0.247. The van der Waals surface area contributed by atoms with E-state index in [4.69, 9.17) is 4.42 Å². The average molecular weight is 344 g/mol. The fourth-order valence-electron chi connectivity index (χ4n) is 2.44. The van der Waals surface area contributed by atoms with Crippen molar-refractivity contribution in [1.82, 2.24) is 10.3 Å². The van der Waals surface area contributed by atoms with Crippen LogP contribution < -0.4 is 5.32 Å². The first-order chi connectivity index (χ1) is 11.6. The molecule has 1 amide bonds. The molecule has 0 aliphatic rings. The van der Waals surface area contributed by atoms with Crippen molar-refractivity contribution >= 4 is 17.2 Å². The van der Waals surface area contributed by atoms with Gasteiger partial charge in [0.2, 0.25) is 5.91 Å². The molecule has 2 aromatic heterocycles. The quantitative estimate of drug-likeness (QED) is 0.739. The highest BCUT2D eigenvalue weighted by molar-refractivity contribution is 7.13. The molecular weight excluding hydrogens is 327 g/mol. The fourth-order valence-corrected chi connectivity index (χ4v) is 3.25. The van der Waals surface area contributed by atoms with Crippen molar-refractivity contribution in [3.8, 4) is 10.6 Å². The van der Waals surface area contributed by atoms with E-state index in [9.17, 15) is 9.18 Å². The van der Waals surface area contributed by atoms with Crippen molar-refractivity contribution < 1.29 is 13.6 Å². The highest BCUT2D eigenvalue weighted by Gasteiger charge is 2.13. The third kappa shape index (κ3) is 4.08. The van der Waals surface area contributed by atoms with Gasteiger partial charge in [0, 0.05) is 17.0 Å². The molecule has 4 nitrogen and oxygen atoms in total. The lowest BCUT2D eigenvalue weighted by molar-refractivity contribution is -0.121. The van der Waals surface area contributed by atoms with E-state index in [-0.39, 0.29) is 24.2 Å². The number of amides is 1. The van der Waals surface area contributed by atoms with Gasteiger partial charge in [0.1, 0.15) is 17.1 Å². The van der Waals surface area contributed by atoms with Gasteiger partial charge >= 0.3 is 0 Å². The first-order valence-electron chi connectivity index (χ1n) is 7.61. The summed E-state index contributed by atoms with van der Waals surface area (Å²) >= 11 is 1.47. The fraction of sp³-hybridized carbons (Fsp3) is 0.222. The van der Waals surface area contributed by atoms with E-state index in [2.05, 4.69) is 10.3 Å². The van der Waals surface area contributed by atoms with E-state index >= 15 is 0 Å². The van der Waals surface area contributed by atoms with Gasteiger partial charge < -0.3 is 9.73 Å². The van der Waals surface area contributed by atoms with Gasteiger partial charge in [0.25, 0.3) is 0 Å². The molecule has 3 aromatic rings. The predicted octanol–water partition coefficient (Wildman–Crippen LogP) is 3.83. The van der Waals surface area contributed by atoms with Gasteiger partial charge in [-0.05, 0) is 31.0 Å². The molecule has 0 saturated carbocycles. The van der Waals surface area contributed by atoms with Crippen LogP contribution in [0.2, 0.25) is 0 Å². The molecule has 6 heteroatoms. The van der Waals surface area contributed by atoms with Crippen LogP contribution in [0.15, 0.2) is 52.7 Å². The van der Waals surface area contributed by atoms with Gasteiger partial charge in [-0.15, -0.1) is 11.3 Å². The summed E-state index contributed by atoms with van der Waals surface area (Å²) in [5.74, 6) is -0.370. The zero-order valence-corrected chi connectivity index (χ0v) is 14.0. The number of thiazole rings is 1. The molecule has 0 bridgehead atoms. The summed E-state index contributed by atoms with van der Waals surface area (Å²) in [6.45, 7) is 1.86. The van der Waals surface area contributed by atoms with Gasteiger partial charge in [-0.2, -0.15) is 0 Å². The summed E-state index contributed by atoms with van der Waals surface area (Å²) in [6.07, 6.45) is 3.87. The Labute approximate surface area is 143 Å². The number of hydrogen-bond donors (Lipinski definition) is 1. The number of halogens is 1. The van der Waals surface area contributed by atoms with E-state index in [1.807, 2.05) is 18.4 Å². The maximum atomic E-state index is 13.6.